The number of rotatable bonds is 2. The van der Waals surface area contributed by atoms with Gasteiger partial charge in [0.1, 0.15) is 11.4 Å². The van der Waals surface area contributed by atoms with Crippen molar-refractivity contribution in [2.24, 2.45) is 0 Å². The number of methoxy groups -OCH3 is 1. The molecule has 0 spiro atoms. The lowest BCUT2D eigenvalue weighted by Gasteiger charge is -2.26. The molecule has 15 heavy (non-hydrogen) atoms. The van der Waals surface area contributed by atoms with Gasteiger partial charge in [-0.1, -0.05) is 0 Å². The normalized spacial score (nSPS) is 19.3. The molecular weight excluding hydrogens is 192 g/mol. The Morgan fingerprint density at radius 2 is 2.13 bits per heavy atom. The number of hydrogen-bond donors (Lipinski definition) is 1. The fourth-order valence-corrected chi connectivity index (χ4v) is 2.28. The quantitative estimate of drug-likeness (QED) is 0.801. The summed E-state index contributed by atoms with van der Waals surface area (Å²) in [4.78, 5) is 18.5. The molecule has 4 heteroatoms. The molecule has 1 fully saturated rings. The Morgan fingerprint density at radius 1 is 1.47 bits per heavy atom. The lowest BCUT2D eigenvalue weighted by Crippen LogP contribution is -2.30. The average molecular weight is 208 g/mol. The van der Waals surface area contributed by atoms with Crippen molar-refractivity contribution in [3.8, 4) is 0 Å². The van der Waals surface area contributed by atoms with Crippen LogP contribution in [-0.2, 0) is 10.3 Å². The third-order valence-corrected chi connectivity index (χ3v) is 3.10. The first-order chi connectivity index (χ1) is 7.16. The maximum absolute atomic E-state index is 11.4. The van der Waals surface area contributed by atoms with Crippen molar-refractivity contribution in [2.45, 2.75) is 38.2 Å². The number of aromatic nitrogens is 2. The van der Waals surface area contributed by atoms with Crippen molar-refractivity contribution in [2.75, 3.05) is 7.11 Å². The van der Waals surface area contributed by atoms with Crippen LogP contribution in [0.1, 0.15) is 37.2 Å². The molecule has 0 unspecified atom stereocenters. The van der Waals surface area contributed by atoms with Gasteiger partial charge in [0.15, 0.2) is 0 Å². The maximum Gasteiger partial charge on any atom is 0.251 e. The number of nitrogens with zero attached hydrogens (tertiary/aromatic N) is 1. The zero-order valence-electron chi connectivity index (χ0n) is 9.17. The van der Waals surface area contributed by atoms with E-state index in [1.807, 2.05) is 6.92 Å². The number of aromatic amines is 1. The highest BCUT2D eigenvalue weighted by atomic mass is 16.5. The van der Waals surface area contributed by atoms with Gasteiger partial charge in [-0.25, -0.2) is 4.98 Å². The predicted octanol–water partition coefficient (Wildman–Crippen LogP) is 1.49. The summed E-state index contributed by atoms with van der Waals surface area (Å²) in [6.45, 7) is 1.83. The Hall–Kier alpha value is -1.16. The number of hydrogen-bond acceptors (Lipinski definition) is 3. The van der Waals surface area contributed by atoms with E-state index in [1.165, 1.54) is 6.07 Å². The lowest BCUT2D eigenvalue weighted by atomic mass is 10.0. The average Bonchev–Trinajstić information content (AvgIpc) is 2.65. The molecule has 1 aliphatic carbocycles. The third-order valence-electron chi connectivity index (χ3n) is 3.10. The highest BCUT2D eigenvalue weighted by Gasteiger charge is 2.38. The Morgan fingerprint density at radius 3 is 2.67 bits per heavy atom. The van der Waals surface area contributed by atoms with Crippen LogP contribution in [0.3, 0.4) is 0 Å². The van der Waals surface area contributed by atoms with Crippen molar-refractivity contribution < 1.29 is 4.74 Å². The molecule has 0 radical (unpaired) electrons. The summed E-state index contributed by atoms with van der Waals surface area (Å²) in [6, 6.07) is 1.50. The Kier molecular flexibility index (Phi) is 2.61. The summed E-state index contributed by atoms with van der Waals surface area (Å²) in [7, 11) is 1.69. The van der Waals surface area contributed by atoms with Crippen molar-refractivity contribution in [1.29, 1.82) is 0 Å². The van der Waals surface area contributed by atoms with E-state index in [-0.39, 0.29) is 11.2 Å². The molecule has 1 aromatic heterocycles. The minimum atomic E-state index is -0.356. The van der Waals surface area contributed by atoms with Crippen LogP contribution in [0, 0.1) is 6.92 Å². The smallest absolute Gasteiger partial charge is 0.251 e. The van der Waals surface area contributed by atoms with Crippen LogP contribution in [0.25, 0.3) is 0 Å². The summed E-state index contributed by atoms with van der Waals surface area (Å²) < 4.78 is 5.56. The molecule has 2 rings (SSSR count). The van der Waals surface area contributed by atoms with Gasteiger partial charge < -0.3 is 9.72 Å². The van der Waals surface area contributed by atoms with Crippen molar-refractivity contribution in [3.63, 3.8) is 0 Å². The maximum atomic E-state index is 11.4. The lowest BCUT2D eigenvalue weighted by molar-refractivity contribution is -0.0166. The van der Waals surface area contributed by atoms with E-state index >= 15 is 0 Å². The molecule has 0 aromatic carbocycles. The van der Waals surface area contributed by atoms with Gasteiger partial charge in [-0.15, -0.1) is 0 Å². The number of nitrogens with one attached hydrogen (secondary N) is 1. The van der Waals surface area contributed by atoms with Gasteiger partial charge in [0, 0.05) is 18.9 Å². The van der Waals surface area contributed by atoms with Gasteiger partial charge in [-0.3, -0.25) is 4.79 Å². The van der Waals surface area contributed by atoms with Gasteiger partial charge in [-0.05, 0) is 32.6 Å². The third kappa shape index (κ3) is 1.81. The number of aryl methyl sites for hydroxylation is 1. The van der Waals surface area contributed by atoms with Crippen LogP contribution in [0.15, 0.2) is 10.9 Å². The van der Waals surface area contributed by atoms with Crippen LogP contribution in [-0.4, -0.2) is 17.1 Å². The monoisotopic (exact) mass is 208 g/mol. The first kappa shape index (κ1) is 10.4. The Balaban J connectivity index is 2.46. The standard InChI is InChI=1S/C11H16N2O2/c1-8-7-9(14)13-10(12-8)11(15-2)5-3-4-6-11/h7H,3-6H2,1-2H3,(H,12,13,14). The molecule has 1 saturated carbocycles. The van der Waals surface area contributed by atoms with Gasteiger partial charge in [0.25, 0.3) is 5.56 Å². The van der Waals surface area contributed by atoms with Gasteiger partial charge >= 0.3 is 0 Å². The molecule has 1 aromatic rings. The highest BCUT2D eigenvalue weighted by Crippen LogP contribution is 2.39. The van der Waals surface area contributed by atoms with Crippen molar-refractivity contribution in [3.05, 3.63) is 27.9 Å². The second-order valence-corrected chi connectivity index (χ2v) is 4.14. The van der Waals surface area contributed by atoms with E-state index in [0.29, 0.717) is 5.82 Å². The van der Waals surface area contributed by atoms with Gasteiger partial charge in [0.05, 0.1) is 0 Å². The van der Waals surface area contributed by atoms with Crippen LogP contribution in [0.5, 0.6) is 0 Å². The van der Waals surface area contributed by atoms with Crippen LogP contribution in [0.4, 0.5) is 0 Å². The van der Waals surface area contributed by atoms with Gasteiger partial charge in [-0.2, -0.15) is 0 Å². The first-order valence-electron chi connectivity index (χ1n) is 5.30. The van der Waals surface area contributed by atoms with Gasteiger partial charge in [0.2, 0.25) is 0 Å². The van der Waals surface area contributed by atoms with E-state index in [4.69, 9.17) is 4.74 Å². The minimum absolute atomic E-state index is 0.0965. The molecule has 0 bridgehead atoms. The second kappa shape index (κ2) is 3.77. The fraction of sp³-hybridized carbons (Fsp3) is 0.636. The molecule has 1 aliphatic rings. The molecule has 4 nitrogen and oxygen atoms in total. The molecule has 1 heterocycles. The zero-order valence-corrected chi connectivity index (χ0v) is 9.17. The first-order valence-corrected chi connectivity index (χ1v) is 5.30. The van der Waals surface area contributed by atoms with Crippen LogP contribution < -0.4 is 5.56 Å². The van der Waals surface area contributed by atoms with E-state index in [1.54, 1.807) is 7.11 Å². The highest BCUT2D eigenvalue weighted by molar-refractivity contribution is 5.09. The van der Waals surface area contributed by atoms with E-state index in [9.17, 15) is 4.79 Å². The van der Waals surface area contributed by atoms with Crippen molar-refractivity contribution >= 4 is 0 Å². The Bertz CT molecular complexity index is 405. The summed E-state index contributed by atoms with van der Waals surface area (Å²) in [5.41, 5.74) is 0.295. The molecule has 0 amide bonds. The number of H-pyrrole nitrogens is 1. The van der Waals surface area contributed by atoms with Crippen molar-refractivity contribution in [1.82, 2.24) is 9.97 Å². The van der Waals surface area contributed by atoms with E-state index in [2.05, 4.69) is 9.97 Å². The summed E-state index contributed by atoms with van der Waals surface area (Å²) in [6.07, 6.45) is 4.14. The number of ether oxygens (including phenoxy) is 1. The molecule has 0 atom stereocenters. The Labute approximate surface area is 88.7 Å². The molecule has 0 aliphatic heterocycles. The minimum Gasteiger partial charge on any atom is -0.370 e. The van der Waals surface area contributed by atoms with E-state index < -0.39 is 0 Å². The zero-order chi connectivity index (χ0) is 10.9. The SMILES string of the molecule is COC1(c2nc(C)cc(=O)[nH]2)CCCC1. The van der Waals surface area contributed by atoms with Crippen LogP contribution in [0.2, 0.25) is 0 Å². The van der Waals surface area contributed by atoms with E-state index in [0.717, 1.165) is 31.4 Å². The fourth-order valence-electron chi connectivity index (χ4n) is 2.28. The predicted molar refractivity (Wildman–Crippen MR) is 56.7 cm³/mol. The molecule has 82 valence electrons. The second-order valence-electron chi connectivity index (χ2n) is 4.14. The largest absolute Gasteiger partial charge is 0.370 e. The topological polar surface area (TPSA) is 55.0 Å². The summed E-state index contributed by atoms with van der Waals surface area (Å²) in [5, 5.41) is 0. The van der Waals surface area contributed by atoms with Crippen LogP contribution >= 0.6 is 0 Å². The molecular formula is C11H16N2O2. The molecule has 0 saturated heterocycles. The summed E-state index contributed by atoms with van der Waals surface area (Å²) in [5.74, 6) is 0.688. The summed E-state index contributed by atoms with van der Waals surface area (Å²) >= 11 is 0. The molecule has 1 N–H and O–H groups in total.